The molecule has 0 saturated carbocycles. The van der Waals surface area contributed by atoms with Crippen molar-refractivity contribution in [2.24, 2.45) is 5.92 Å². The van der Waals surface area contributed by atoms with Gasteiger partial charge in [0.05, 0.1) is 17.9 Å². The maximum Gasteiger partial charge on any atom is 0.306 e. The van der Waals surface area contributed by atoms with Crippen LogP contribution in [0.2, 0.25) is 0 Å². The van der Waals surface area contributed by atoms with Crippen LogP contribution in [0.5, 0.6) is 5.75 Å². The van der Waals surface area contributed by atoms with Crippen molar-refractivity contribution in [3.63, 3.8) is 0 Å². The summed E-state index contributed by atoms with van der Waals surface area (Å²) >= 11 is 1.32. The molecule has 0 unspecified atom stereocenters. The van der Waals surface area contributed by atoms with Gasteiger partial charge in [-0.2, -0.15) is 0 Å². The Morgan fingerprint density at radius 2 is 2.17 bits per heavy atom. The molecule has 2 aromatic heterocycles. The number of benzene rings is 1. The fraction of sp³-hybridized carbons (Fsp3) is 0.353. The van der Waals surface area contributed by atoms with Gasteiger partial charge in [-0.3, -0.25) is 9.59 Å². The van der Waals surface area contributed by atoms with Gasteiger partial charge >= 0.3 is 5.97 Å². The zero-order chi connectivity index (χ0) is 17.4. The van der Waals surface area contributed by atoms with Crippen LogP contribution in [0.4, 0.5) is 0 Å². The van der Waals surface area contributed by atoms with Gasteiger partial charge in [-0.05, 0) is 12.5 Å². The van der Waals surface area contributed by atoms with Crippen molar-refractivity contribution in [1.29, 1.82) is 0 Å². The van der Waals surface area contributed by atoms with Gasteiger partial charge in [0.15, 0.2) is 23.0 Å². The highest BCUT2D eigenvalue weighted by Crippen LogP contribution is 2.38. The number of rotatable bonds is 6. The van der Waals surface area contributed by atoms with E-state index in [4.69, 9.17) is 14.3 Å². The van der Waals surface area contributed by atoms with E-state index in [1.54, 1.807) is 27.0 Å². The summed E-state index contributed by atoms with van der Waals surface area (Å²) in [5, 5.41) is 9.95. The number of Topliss-reactive ketones (excluding diaryl/α,β-unsaturated/α-hetero) is 1. The Bertz CT molecular complexity index is 939. The second-order valence-electron chi connectivity index (χ2n) is 5.58. The molecule has 0 saturated heterocycles. The zero-order valence-electron chi connectivity index (χ0n) is 13.6. The average molecular weight is 347 g/mol. The van der Waals surface area contributed by atoms with Crippen LogP contribution in [0, 0.1) is 12.8 Å². The van der Waals surface area contributed by atoms with Gasteiger partial charge in [0.25, 0.3) is 0 Å². The quantitative estimate of drug-likeness (QED) is 0.677. The van der Waals surface area contributed by atoms with E-state index in [1.165, 1.54) is 11.3 Å². The molecule has 3 rings (SSSR count). The van der Waals surface area contributed by atoms with Gasteiger partial charge in [0.1, 0.15) is 5.52 Å². The van der Waals surface area contributed by atoms with Crippen LogP contribution in [0.25, 0.3) is 21.2 Å². The molecule has 2 heterocycles. The summed E-state index contributed by atoms with van der Waals surface area (Å²) < 4.78 is 11.8. The molecule has 0 spiro atoms. The molecule has 126 valence electrons. The van der Waals surface area contributed by atoms with Gasteiger partial charge in [-0.25, -0.2) is 4.98 Å². The minimum absolute atomic E-state index is 0.00320. The summed E-state index contributed by atoms with van der Waals surface area (Å²) in [4.78, 5) is 28.5. The van der Waals surface area contributed by atoms with Gasteiger partial charge < -0.3 is 14.3 Å². The number of thiophene rings is 1. The fourth-order valence-electron chi connectivity index (χ4n) is 2.68. The maximum atomic E-state index is 12.5. The molecule has 1 atom stereocenters. The molecule has 0 radical (unpaired) electrons. The highest BCUT2D eigenvalue weighted by Gasteiger charge is 2.23. The Kier molecular flexibility index (Phi) is 4.28. The zero-order valence-corrected chi connectivity index (χ0v) is 14.4. The van der Waals surface area contributed by atoms with E-state index in [9.17, 15) is 9.59 Å². The molecule has 0 aliphatic rings. The second-order valence-corrected chi connectivity index (χ2v) is 6.67. The van der Waals surface area contributed by atoms with Crippen molar-refractivity contribution < 1.29 is 23.8 Å². The third-order valence-corrected chi connectivity index (χ3v) is 5.13. The number of aryl methyl sites for hydroxylation is 1. The maximum absolute atomic E-state index is 12.5. The lowest BCUT2D eigenvalue weighted by atomic mass is 9.99. The number of ether oxygens (including phenoxy) is 1. The minimum atomic E-state index is -0.942. The van der Waals surface area contributed by atoms with Crippen LogP contribution in [0.1, 0.15) is 35.3 Å². The number of nitrogens with zero attached hydrogens (tertiary/aromatic N) is 1. The van der Waals surface area contributed by atoms with Gasteiger partial charge in [0.2, 0.25) is 0 Å². The number of hydrogen-bond donors (Lipinski definition) is 1. The van der Waals surface area contributed by atoms with Crippen molar-refractivity contribution in [1.82, 2.24) is 4.98 Å². The molecule has 0 bridgehead atoms. The monoisotopic (exact) mass is 347 g/mol. The first kappa shape index (κ1) is 16.4. The number of hydrogen-bond acceptors (Lipinski definition) is 6. The van der Waals surface area contributed by atoms with Crippen LogP contribution in [-0.4, -0.2) is 29.0 Å². The fourth-order valence-corrected chi connectivity index (χ4v) is 3.72. The Morgan fingerprint density at radius 1 is 1.42 bits per heavy atom. The molecule has 0 aliphatic heterocycles. The molecule has 0 amide bonds. The van der Waals surface area contributed by atoms with Crippen LogP contribution >= 0.6 is 11.3 Å². The molecule has 3 aromatic rings. The predicted molar refractivity (Wildman–Crippen MR) is 91.0 cm³/mol. The summed E-state index contributed by atoms with van der Waals surface area (Å²) in [6.07, 6.45) is 0.420. The number of ketones is 1. The number of aliphatic carboxylic acids is 1. The Morgan fingerprint density at radius 3 is 2.79 bits per heavy atom. The first-order valence-corrected chi connectivity index (χ1v) is 8.39. The van der Waals surface area contributed by atoms with Crippen molar-refractivity contribution in [3.8, 4) is 5.75 Å². The van der Waals surface area contributed by atoms with Crippen molar-refractivity contribution in [3.05, 3.63) is 22.9 Å². The molecule has 7 heteroatoms. The van der Waals surface area contributed by atoms with E-state index in [2.05, 4.69) is 4.98 Å². The van der Waals surface area contributed by atoms with Crippen LogP contribution in [0.3, 0.4) is 0 Å². The number of fused-ring (bicyclic) bond motifs is 3. The van der Waals surface area contributed by atoms with Crippen molar-refractivity contribution in [2.45, 2.75) is 26.7 Å². The topological polar surface area (TPSA) is 89.6 Å². The van der Waals surface area contributed by atoms with Gasteiger partial charge in [-0.15, -0.1) is 11.3 Å². The summed E-state index contributed by atoms with van der Waals surface area (Å²) in [7, 11) is 1.55. The molecule has 0 aliphatic carbocycles. The highest BCUT2D eigenvalue weighted by molar-refractivity contribution is 7.21. The SMILES string of the molecule is CC[C@@H](CC(=O)c1cc2c(cc(OC)c3oc(C)nc32)s1)C(=O)O. The normalized spacial score (nSPS) is 12.6. The largest absolute Gasteiger partial charge is 0.493 e. The number of carboxylic acid groups (broad SMARTS) is 1. The van der Waals surface area contributed by atoms with E-state index in [-0.39, 0.29) is 12.2 Å². The highest BCUT2D eigenvalue weighted by atomic mass is 32.1. The lowest BCUT2D eigenvalue weighted by Crippen LogP contribution is -2.16. The summed E-state index contributed by atoms with van der Waals surface area (Å²) in [5.41, 5.74) is 1.21. The lowest BCUT2D eigenvalue weighted by molar-refractivity contribution is -0.141. The molecule has 0 fully saturated rings. The number of methoxy groups -OCH3 is 1. The first-order chi connectivity index (χ1) is 11.4. The smallest absolute Gasteiger partial charge is 0.306 e. The van der Waals surface area contributed by atoms with Crippen LogP contribution in [-0.2, 0) is 4.79 Å². The van der Waals surface area contributed by atoms with Crippen molar-refractivity contribution in [2.75, 3.05) is 7.11 Å². The standard InChI is InChI=1S/C17H17NO5S/c1-4-9(17(20)21)5-11(19)14-6-10-13(24-14)7-12(22-3)16-15(10)18-8(2)23-16/h6-7,9H,4-5H2,1-3H3,(H,20,21)/t9-/m0/s1. The molecule has 6 nitrogen and oxygen atoms in total. The average Bonchev–Trinajstić information content (AvgIpc) is 3.13. The Labute approximate surface area is 142 Å². The van der Waals surface area contributed by atoms with Crippen LogP contribution < -0.4 is 4.74 Å². The van der Waals surface area contributed by atoms with Crippen LogP contribution in [0.15, 0.2) is 16.5 Å². The third kappa shape index (κ3) is 2.75. The first-order valence-electron chi connectivity index (χ1n) is 7.58. The molecule has 24 heavy (non-hydrogen) atoms. The Balaban J connectivity index is 2.06. The predicted octanol–water partition coefficient (Wildman–Crippen LogP) is 4.04. The summed E-state index contributed by atoms with van der Waals surface area (Å²) in [6, 6.07) is 3.58. The number of carbonyl (C=O) groups excluding carboxylic acids is 1. The minimum Gasteiger partial charge on any atom is -0.493 e. The molecular formula is C17H17NO5S. The number of carbonyl (C=O) groups is 2. The number of aromatic nitrogens is 1. The lowest BCUT2D eigenvalue weighted by Gasteiger charge is -2.06. The Hall–Kier alpha value is -2.41. The summed E-state index contributed by atoms with van der Waals surface area (Å²) in [6.45, 7) is 3.52. The number of carboxylic acids is 1. The molecular weight excluding hydrogens is 330 g/mol. The van der Waals surface area contributed by atoms with E-state index in [0.29, 0.717) is 34.0 Å². The van der Waals surface area contributed by atoms with Crippen molar-refractivity contribution >= 4 is 44.3 Å². The second kappa shape index (κ2) is 6.24. The molecule has 1 aromatic carbocycles. The number of oxazole rings is 1. The van der Waals surface area contributed by atoms with E-state index < -0.39 is 11.9 Å². The molecule has 1 N–H and O–H groups in total. The van der Waals surface area contributed by atoms with Gasteiger partial charge in [0, 0.05) is 29.5 Å². The summed E-state index contributed by atoms with van der Waals surface area (Å²) in [5.74, 6) is -0.685. The van der Waals surface area contributed by atoms with Gasteiger partial charge in [-0.1, -0.05) is 6.92 Å². The third-order valence-electron chi connectivity index (χ3n) is 4.00. The van der Waals surface area contributed by atoms with E-state index in [0.717, 1.165) is 10.1 Å². The van der Waals surface area contributed by atoms with E-state index in [1.807, 2.05) is 6.07 Å². The van der Waals surface area contributed by atoms with E-state index >= 15 is 0 Å².